The van der Waals surface area contributed by atoms with Gasteiger partial charge in [0.15, 0.2) is 0 Å². The maximum absolute atomic E-state index is 11.6. The van der Waals surface area contributed by atoms with Crippen LogP contribution in [0.5, 0.6) is 0 Å². The molecule has 19 heavy (non-hydrogen) atoms. The largest absolute Gasteiger partial charge is 0.460 e. The van der Waals surface area contributed by atoms with Crippen LogP contribution >= 0.6 is 11.8 Å². The number of rotatable bonds is 5. The van der Waals surface area contributed by atoms with Crippen LogP contribution in [0.1, 0.15) is 52.5 Å². The number of carbonyl (C=O) groups is 1. The Morgan fingerprint density at radius 2 is 1.79 bits per heavy atom. The molecule has 0 fully saturated rings. The highest BCUT2D eigenvalue weighted by atomic mass is 32.2. The van der Waals surface area contributed by atoms with Crippen LogP contribution in [0.25, 0.3) is 0 Å². The van der Waals surface area contributed by atoms with Crippen LogP contribution in [0, 0.1) is 0 Å². The SMILES string of the molecule is CC(C)c1ccc(SCCC(=O)OC(C)(C)C)cc1. The molecule has 0 heterocycles. The Kier molecular flexibility index (Phi) is 5.92. The van der Waals surface area contributed by atoms with Gasteiger partial charge in [-0.15, -0.1) is 11.8 Å². The van der Waals surface area contributed by atoms with Gasteiger partial charge in [0.2, 0.25) is 0 Å². The van der Waals surface area contributed by atoms with Gasteiger partial charge in [-0.1, -0.05) is 26.0 Å². The lowest BCUT2D eigenvalue weighted by molar-refractivity contribution is -0.154. The second-order valence-electron chi connectivity index (χ2n) is 5.91. The fourth-order valence-electron chi connectivity index (χ4n) is 1.59. The van der Waals surface area contributed by atoms with Gasteiger partial charge in [0.25, 0.3) is 0 Å². The summed E-state index contributed by atoms with van der Waals surface area (Å²) in [5.74, 6) is 1.19. The quantitative estimate of drug-likeness (QED) is 0.581. The summed E-state index contributed by atoms with van der Waals surface area (Å²) < 4.78 is 5.27. The van der Waals surface area contributed by atoms with Crippen LogP contribution < -0.4 is 0 Å². The number of hydrogen-bond donors (Lipinski definition) is 0. The molecule has 1 aromatic rings. The molecule has 0 saturated carbocycles. The number of hydrogen-bond acceptors (Lipinski definition) is 3. The Morgan fingerprint density at radius 1 is 1.21 bits per heavy atom. The first-order valence-corrected chi connectivity index (χ1v) is 7.71. The maximum Gasteiger partial charge on any atom is 0.307 e. The normalized spacial score (nSPS) is 11.7. The van der Waals surface area contributed by atoms with E-state index in [1.807, 2.05) is 20.8 Å². The molecule has 0 amide bonds. The van der Waals surface area contributed by atoms with Gasteiger partial charge >= 0.3 is 5.97 Å². The van der Waals surface area contributed by atoms with Crippen LogP contribution in [0.4, 0.5) is 0 Å². The van der Waals surface area contributed by atoms with E-state index in [-0.39, 0.29) is 11.6 Å². The molecular weight excluding hydrogens is 256 g/mol. The highest BCUT2D eigenvalue weighted by Crippen LogP contribution is 2.22. The summed E-state index contributed by atoms with van der Waals surface area (Å²) in [5, 5.41) is 0. The van der Waals surface area contributed by atoms with Crippen molar-refractivity contribution in [2.24, 2.45) is 0 Å². The first-order valence-electron chi connectivity index (χ1n) is 6.72. The van der Waals surface area contributed by atoms with Crippen molar-refractivity contribution < 1.29 is 9.53 Å². The smallest absolute Gasteiger partial charge is 0.307 e. The van der Waals surface area contributed by atoms with Crippen LogP contribution in [0.3, 0.4) is 0 Å². The summed E-state index contributed by atoms with van der Waals surface area (Å²) in [6.45, 7) is 10.0. The molecule has 0 spiro atoms. The number of ether oxygens (including phenoxy) is 1. The predicted octanol–water partition coefficient (Wildman–Crippen LogP) is 4.63. The molecule has 3 heteroatoms. The van der Waals surface area contributed by atoms with Crippen molar-refractivity contribution in [3.8, 4) is 0 Å². The average molecular weight is 280 g/mol. The molecule has 0 aliphatic rings. The number of thioether (sulfide) groups is 1. The van der Waals surface area contributed by atoms with E-state index in [2.05, 4.69) is 38.1 Å². The fraction of sp³-hybridized carbons (Fsp3) is 0.562. The van der Waals surface area contributed by atoms with Crippen LogP contribution in [-0.2, 0) is 9.53 Å². The molecule has 0 radical (unpaired) electrons. The molecule has 0 N–H and O–H groups in total. The minimum atomic E-state index is -0.388. The van der Waals surface area contributed by atoms with E-state index in [4.69, 9.17) is 4.74 Å². The highest BCUT2D eigenvalue weighted by Gasteiger charge is 2.15. The maximum atomic E-state index is 11.6. The van der Waals surface area contributed by atoms with E-state index in [0.717, 1.165) is 5.75 Å². The molecule has 0 saturated heterocycles. The Morgan fingerprint density at radius 3 is 2.26 bits per heavy atom. The summed E-state index contributed by atoms with van der Waals surface area (Å²) in [6, 6.07) is 8.55. The van der Waals surface area contributed by atoms with Crippen molar-refractivity contribution in [1.82, 2.24) is 0 Å². The molecule has 0 unspecified atom stereocenters. The molecular formula is C16H24O2S. The van der Waals surface area contributed by atoms with E-state index >= 15 is 0 Å². The second kappa shape index (κ2) is 6.99. The van der Waals surface area contributed by atoms with Gasteiger partial charge in [-0.25, -0.2) is 0 Å². The van der Waals surface area contributed by atoms with Crippen LogP contribution in [-0.4, -0.2) is 17.3 Å². The van der Waals surface area contributed by atoms with Crippen molar-refractivity contribution in [3.63, 3.8) is 0 Å². The summed E-state index contributed by atoms with van der Waals surface area (Å²) in [4.78, 5) is 12.8. The molecule has 2 nitrogen and oxygen atoms in total. The lowest BCUT2D eigenvalue weighted by Gasteiger charge is -2.19. The average Bonchev–Trinajstić information content (AvgIpc) is 2.27. The number of benzene rings is 1. The van der Waals surface area contributed by atoms with Crippen molar-refractivity contribution in [3.05, 3.63) is 29.8 Å². The van der Waals surface area contributed by atoms with Crippen molar-refractivity contribution in [2.75, 3.05) is 5.75 Å². The third kappa shape index (κ3) is 6.67. The molecule has 106 valence electrons. The number of carbonyl (C=O) groups excluding carboxylic acids is 1. The minimum Gasteiger partial charge on any atom is -0.460 e. The molecule has 0 bridgehead atoms. The molecule has 1 rings (SSSR count). The lowest BCUT2D eigenvalue weighted by Crippen LogP contribution is -2.23. The Hall–Kier alpha value is -0.960. The fourth-order valence-corrected chi connectivity index (χ4v) is 2.43. The lowest BCUT2D eigenvalue weighted by atomic mass is 10.0. The van der Waals surface area contributed by atoms with Crippen molar-refractivity contribution in [2.45, 2.75) is 57.5 Å². The highest BCUT2D eigenvalue weighted by molar-refractivity contribution is 7.99. The monoisotopic (exact) mass is 280 g/mol. The van der Waals surface area contributed by atoms with Gasteiger partial charge in [0.1, 0.15) is 5.60 Å². The molecule has 1 aromatic carbocycles. The predicted molar refractivity (Wildman–Crippen MR) is 81.7 cm³/mol. The van der Waals surface area contributed by atoms with Gasteiger partial charge in [0, 0.05) is 10.6 Å². The summed E-state index contributed by atoms with van der Waals surface area (Å²) >= 11 is 1.69. The third-order valence-electron chi connectivity index (χ3n) is 2.54. The topological polar surface area (TPSA) is 26.3 Å². The summed E-state index contributed by atoms with van der Waals surface area (Å²) in [7, 11) is 0. The molecule has 0 atom stereocenters. The van der Waals surface area contributed by atoms with E-state index in [1.165, 1.54) is 10.5 Å². The van der Waals surface area contributed by atoms with Crippen molar-refractivity contribution >= 4 is 17.7 Å². The molecule has 0 aromatic heterocycles. The van der Waals surface area contributed by atoms with Gasteiger partial charge in [-0.2, -0.15) is 0 Å². The Bertz CT molecular complexity index is 402. The Balaban J connectivity index is 2.35. The van der Waals surface area contributed by atoms with E-state index in [1.54, 1.807) is 11.8 Å². The first-order chi connectivity index (χ1) is 8.78. The van der Waals surface area contributed by atoms with Crippen LogP contribution in [0.2, 0.25) is 0 Å². The van der Waals surface area contributed by atoms with E-state index in [9.17, 15) is 4.79 Å². The standard InChI is InChI=1S/C16H24O2S/c1-12(2)13-6-8-14(9-7-13)19-11-10-15(17)18-16(3,4)5/h6-9,12H,10-11H2,1-5H3. The minimum absolute atomic E-state index is 0.126. The zero-order chi connectivity index (χ0) is 14.5. The summed E-state index contributed by atoms with van der Waals surface area (Å²) in [6.07, 6.45) is 0.452. The van der Waals surface area contributed by atoms with Gasteiger partial charge in [0.05, 0.1) is 6.42 Å². The second-order valence-corrected chi connectivity index (χ2v) is 7.08. The van der Waals surface area contributed by atoms with Gasteiger partial charge in [-0.3, -0.25) is 4.79 Å². The number of esters is 1. The van der Waals surface area contributed by atoms with Crippen LogP contribution in [0.15, 0.2) is 29.2 Å². The molecule has 0 aliphatic carbocycles. The van der Waals surface area contributed by atoms with E-state index in [0.29, 0.717) is 12.3 Å². The molecule has 0 aliphatic heterocycles. The van der Waals surface area contributed by atoms with Gasteiger partial charge < -0.3 is 4.74 Å². The zero-order valence-corrected chi connectivity index (χ0v) is 13.3. The first kappa shape index (κ1) is 16.1. The van der Waals surface area contributed by atoms with Gasteiger partial charge in [-0.05, 0) is 44.4 Å². The zero-order valence-electron chi connectivity index (χ0n) is 12.5. The van der Waals surface area contributed by atoms with E-state index < -0.39 is 0 Å². The summed E-state index contributed by atoms with van der Waals surface area (Å²) in [5.41, 5.74) is 0.956. The Labute approximate surface area is 120 Å². The third-order valence-corrected chi connectivity index (χ3v) is 3.56. The van der Waals surface area contributed by atoms with Crippen molar-refractivity contribution in [1.29, 1.82) is 0 Å².